The first-order chi connectivity index (χ1) is 15.3. The summed E-state index contributed by atoms with van der Waals surface area (Å²) in [7, 11) is 0. The molecule has 1 aliphatic carbocycles. The Kier molecular flexibility index (Phi) is 6.80. The number of nitrogens with zero attached hydrogens (tertiary/aromatic N) is 1. The fraction of sp³-hybridized carbons (Fsp3) is 0.583. The quantitative estimate of drug-likeness (QED) is 0.579. The number of likely N-dealkylation sites (tertiary alicyclic amines) is 1. The molecule has 0 radical (unpaired) electrons. The number of carboxylic acid groups (broad SMARTS) is 1. The van der Waals surface area contributed by atoms with Gasteiger partial charge >= 0.3 is 5.97 Å². The number of hydrogen-bond acceptors (Lipinski definition) is 4. The first-order valence-electron chi connectivity index (χ1n) is 11.2. The van der Waals surface area contributed by atoms with E-state index in [0.29, 0.717) is 25.1 Å². The van der Waals surface area contributed by atoms with Crippen molar-refractivity contribution >= 4 is 41.0 Å². The largest absolute Gasteiger partial charge is 0.479 e. The first-order valence-corrected chi connectivity index (χ1v) is 11.6. The van der Waals surface area contributed by atoms with Crippen molar-refractivity contribution in [3.8, 4) is 0 Å². The Labute approximate surface area is 199 Å². The molecule has 1 saturated carbocycles. The van der Waals surface area contributed by atoms with E-state index in [4.69, 9.17) is 11.6 Å². The number of benzene rings is 1. The molecule has 0 aromatic heterocycles. The highest BCUT2D eigenvalue weighted by atomic mass is 35.5. The van der Waals surface area contributed by atoms with Crippen LogP contribution >= 0.6 is 11.6 Å². The number of hydrogen-bond donors (Lipinski definition) is 3. The first kappa shape index (κ1) is 25.0. The van der Waals surface area contributed by atoms with Gasteiger partial charge in [-0.05, 0) is 42.7 Å². The Hall–Kier alpha value is -2.61. The molecule has 2 bridgehead atoms. The second kappa shape index (κ2) is 8.97. The van der Waals surface area contributed by atoms with Crippen molar-refractivity contribution in [3.63, 3.8) is 0 Å². The predicted molar refractivity (Wildman–Crippen MR) is 125 cm³/mol. The van der Waals surface area contributed by atoms with Crippen LogP contribution in [0.4, 0.5) is 5.69 Å². The summed E-state index contributed by atoms with van der Waals surface area (Å²) in [5.41, 5.74) is -1.45. The normalized spacial score (nSPS) is 22.9. The van der Waals surface area contributed by atoms with Crippen molar-refractivity contribution in [2.75, 3.05) is 11.9 Å². The van der Waals surface area contributed by atoms with Crippen LogP contribution in [-0.4, -0.2) is 51.8 Å². The summed E-state index contributed by atoms with van der Waals surface area (Å²) in [5.74, 6) is -2.30. The highest BCUT2D eigenvalue weighted by Gasteiger charge is 2.59. The molecule has 9 heteroatoms. The highest BCUT2D eigenvalue weighted by Crippen LogP contribution is 2.47. The summed E-state index contributed by atoms with van der Waals surface area (Å²) < 4.78 is 0. The van der Waals surface area contributed by atoms with Gasteiger partial charge in [-0.1, -0.05) is 52.3 Å². The van der Waals surface area contributed by atoms with E-state index in [-0.39, 0.29) is 28.3 Å². The van der Waals surface area contributed by atoms with Gasteiger partial charge in [-0.25, -0.2) is 4.79 Å². The van der Waals surface area contributed by atoms with Crippen LogP contribution in [0.3, 0.4) is 0 Å². The van der Waals surface area contributed by atoms with Gasteiger partial charge in [-0.2, -0.15) is 0 Å². The molecule has 3 rings (SSSR count). The van der Waals surface area contributed by atoms with Gasteiger partial charge in [0.25, 0.3) is 5.91 Å². The molecule has 1 saturated heterocycles. The fourth-order valence-corrected chi connectivity index (χ4v) is 4.92. The van der Waals surface area contributed by atoms with Crippen molar-refractivity contribution < 1.29 is 24.3 Å². The molecule has 0 spiro atoms. The van der Waals surface area contributed by atoms with Crippen LogP contribution in [0.2, 0.25) is 5.02 Å². The van der Waals surface area contributed by atoms with Gasteiger partial charge in [0.1, 0.15) is 11.6 Å². The molecule has 0 unspecified atom stereocenters. The van der Waals surface area contributed by atoms with Crippen molar-refractivity contribution in [1.82, 2.24) is 10.2 Å². The number of piperidine rings is 1. The average Bonchev–Trinajstić information content (AvgIpc) is 3.32. The molecule has 2 aliphatic rings. The second-order valence-corrected chi connectivity index (χ2v) is 10.9. The Balaban J connectivity index is 1.86. The molecule has 3 N–H and O–H groups in total. The maximum absolute atomic E-state index is 13.6. The number of nitrogens with one attached hydrogen (secondary N) is 2. The molecule has 2 fully saturated rings. The Morgan fingerprint density at radius 1 is 1.21 bits per heavy atom. The summed E-state index contributed by atoms with van der Waals surface area (Å²) in [5, 5.41) is 15.5. The Bertz CT molecular complexity index is 987. The minimum atomic E-state index is -1.20. The zero-order valence-electron chi connectivity index (χ0n) is 19.7. The molecular formula is C24H32ClN3O5. The average molecular weight is 478 g/mol. The van der Waals surface area contributed by atoms with Crippen molar-refractivity contribution in [3.05, 3.63) is 28.8 Å². The van der Waals surface area contributed by atoms with Gasteiger partial charge in [-0.15, -0.1) is 0 Å². The maximum Gasteiger partial charge on any atom is 0.329 e. The van der Waals surface area contributed by atoms with Gasteiger partial charge in [-0.3, -0.25) is 14.4 Å². The summed E-state index contributed by atoms with van der Waals surface area (Å²) in [4.78, 5) is 52.4. The zero-order chi connectivity index (χ0) is 24.7. The standard InChI is InChI=1S/C24H32ClN3O5/c1-13(2)19(29)26-16-8-6-7-15(17(16)25)20(30)27-18(23(3,4)5)21(31)28-12-14-9-10-24(28,11-14)22(32)33/h6-8,13-14,18H,9-12H2,1-5H3,(H,26,29)(H,27,30)(H,32,33)/t14-,18-,24+/m1/s1. The maximum atomic E-state index is 13.6. The van der Waals surface area contributed by atoms with Crippen molar-refractivity contribution in [2.24, 2.45) is 17.3 Å². The van der Waals surface area contributed by atoms with Gasteiger partial charge in [0.15, 0.2) is 0 Å². The summed E-state index contributed by atoms with van der Waals surface area (Å²) in [6, 6.07) is 3.77. The highest BCUT2D eigenvalue weighted by molar-refractivity contribution is 6.37. The number of carbonyl (C=O) groups is 4. The third-order valence-electron chi connectivity index (χ3n) is 6.63. The zero-order valence-corrected chi connectivity index (χ0v) is 20.5. The molecule has 1 aliphatic heterocycles. The third-order valence-corrected chi connectivity index (χ3v) is 7.04. The van der Waals surface area contributed by atoms with E-state index in [2.05, 4.69) is 10.6 Å². The molecule has 1 aromatic rings. The van der Waals surface area contributed by atoms with Crippen LogP contribution in [0.15, 0.2) is 18.2 Å². The van der Waals surface area contributed by atoms with E-state index < -0.39 is 34.8 Å². The topological polar surface area (TPSA) is 116 Å². The smallest absolute Gasteiger partial charge is 0.329 e. The third kappa shape index (κ3) is 4.71. The number of anilines is 1. The minimum absolute atomic E-state index is 0.0753. The van der Waals surface area contributed by atoms with E-state index in [1.54, 1.807) is 26.0 Å². The Morgan fingerprint density at radius 3 is 2.42 bits per heavy atom. The van der Waals surface area contributed by atoms with Gasteiger partial charge in [0.05, 0.1) is 16.3 Å². The molecule has 3 atom stereocenters. The number of aliphatic carboxylic acids is 1. The van der Waals surface area contributed by atoms with Crippen LogP contribution in [0.25, 0.3) is 0 Å². The van der Waals surface area contributed by atoms with Crippen LogP contribution in [-0.2, 0) is 14.4 Å². The van der Waals surface area contributed by atoms with Crippen LogP contribution in [0.5, 0.6) is 0 Å². The lowest BCUT2D eigenvalue weighted by Gasteiger charge is -2.40. The van der Waals surface area contributed by atoms with Gasteiger partial charge in [0.2, 0.25) is 11.8 Å². The number of fused-ring (bicyclic) bond motifs is 2. The number of amides is 3. The van der Waals surface area contributed by atoms with Crippen LogP contribution < -0.4 is 10.6 Å². The molecule has 180 valence electrons. The number of carboxylic acids is 1. The van der Waals surface area contributed by atoms with E-state index >= 15 is 0 Å². The van der Waals surface area contributed by atoms with Crippen LogP contribution in [0, 0.1) is 17.3 Å². The van der Waals surface area contributed by atoms with E-state index in [1.165, 1.54) is 11.0 Å². The summed E-state index contributed by atoms with van der Waals surface area (Å²) in [6.45, 7) is 9.32. The van der Waals surface area contributed by atoms with E-state index in [9.17, 15) is 24.3 Å². The monoisotopic (exact) mass is 477 g/mol. The predicted octanol–water partition coefficient (Wildman–Crippen LogP) is 3.54. The molecule has 3 amide bonds. The Morgan fingerprint density at radius 2 is 1.88 bits per heavy atom. The number of carbonyl (C=O) groups excluding carboxylic acids is 3. The second-order valence-electron chi connectivity index (χ2n) is 10.5. The minimum Gasteiger partial charge on any atom is -0.479 e. The molecule has 33 heavy (non-hydrogen) atoms. The summed E-state index contributed by atoms with van der Waals surface area (Å²) in [6.07, 6.45) is 1.66. The SMILES string of the molecule is CC(C)C(=O)Nc1cccc(C(=O)N[C@H](C(=O)N2C[C@@H]3CC[C@@]2(C(=O)O)C3)C(C)(C)C)c1Cl. The van der Waals surface area contributed by atoms with Gasteiger partial charge < -0.3 is 20.6 Å². The molecule has 1 heterocycles. The summed E-state index contributed by atoms with van der Waals surface area (Å²) >= 11 is 6.42. The molecule has 1 aromatic carbocycles. The number of halogens is 1. The van der Waals surface area contributed by atoms with E-state index in [1.807, 2.05) is 20.8 Å². The van der Waals surface area contributed by atoms with Crippen molar-refractivity contribution in [2.45, 2.75) is 65.5 Å². The molecular weight excluding hydrogens is 446 g/mol. The number of rotatable bonds is 6. The molecule has 8 nitrogen and oxygen atoms in total. The van der Waals surface area contributed by atoms with Crippen molar-refractivity contribution in [1.29, 1.82) is 0 Å². The lowest BCUT2D eigenvalue weighted by Crippen LogP contribution is -2.61. The van der Waals surface area contributed by atoms with Gasteiger partial charge in [0, 0.05) is 12.5 Å². The fourth-order valence-electron chi connectivity index (χ4n) is 4.66. The lowest BCUT2D eigenvalue weighted by molar-refractivity contribution is -0.159. The van der Waals surface area contributed by atoms with Crippen LogP contribution in [0.1, 0.15) is 64.2 Å². The van der Waals surface area contributed by atoms with E-state index in [0.717, 1.165) is 6.42 Å². The lowest BCUT2D eigenvalue weighted by atomic mass is 9.84.